The second kappa shape index (κ2) is 8.96. The zero-order chi connectivity index (χ0) is 26.8. The Labute approximate surface area is 210 Å². The van der Waals surface area contributed by atoms with Gasteiger partial charge in [0.05, 0.1) is 29.4 Å². The number of phenols is 2. The Kier molecular flexibility index (Phi) is 6.16. The number of hydrogen-bond donors (Lipinski definition) is 5. The molecule has 1 saturated heterocycles. The van der Waals surface area contributed by atoms with Gasteiger partial charge in [0.1, 0.15) is 17.1 Å². The van der Waals surface area contributed by atoms with E-state index >= 15 is 0 Å². The lowest BCUT2D eigenvalue weighted by Gasteiger charge is -2.42. The highest BCUT2D eigenvalue weighted by Gasteiger charge is 2.50. The summed E-state index contributed by atoms with van der Waals surface area (Å²) in [5.41, 5.74) is 2.45. The number of Topliss-reactive ketones (excluding diaryl/α,β-unsaturated/α-hetero) is 1. The monoisotopic (exact) mass is 515 g/mol. The lowest BCUT2D eigenvalue weighted by Crippen LogP contribution is -2.52. The quantitative estimate of drug-likeness (QED) is 0.315. The molecular formula is C26H26FNO9. The number of alkyl halides is 1. The van der Waals surface area contributed by atoms with E-state index in [0.29, 0.717) is 0 Å². The zero-order valence-electron chi connectivity index (χ0n) is 19.8. The molecule has 4 unspecified atom stereocenters. The number of ketones is 3. The van der Waals surface area contributed by atoms with Crippen molar-refractivity contribution in [2.75, 3.05) is 6.67 Å². The molecule has 196 valence electrons. The summed E-state index contributed by atoms with van der Waals surface area (Å²) in [7, 11) is 0. The Hall–Kier alpha value is -3.22. The van der Waals surface area contributed by atoms with Crippen LogP contribution in [0.15, 0.2) is 24.3 Å². The first-order chi connectivity index (χ1) is 17.5. The van der Waals surface area contributed by atoms with Crippen molar-refractivity contribution in [2.45, 2.75) is 62.4 Å². The molecule has 5 rings (SSSR count). The maximum Gasteiger partial charge on any atom is 0.198 e. The number of ether oxygens (including phenoxy) is 2. The Balaban J connectivity index is 1.67. The Morgan fingerprint density at radius 2 is 1.76 bits per heavy atom. The second-order valence-corrected chi connectivity index (χ2v) is 9.80. The number of aliphatic hydroxyl groups excluding tert-OH is 1. The molecule has 37 heavy (non-hydrogen) atoms. The molecule has 0 spiro atoms. The van der Waals surface area contributed by atoms with Crippen molar-refractivity contribution in [1.29, 1.82) is 0 Å². The number of carbonyl (C=O) groups is 3. The van der Waals surface area contributed by atoms with Crippen molar-refractivity contribution in [3.05, 3.63) is 57.6 Å². The number of benzene rings is 2. The number of aromatic hydroxyl groups is 2. The van der Waals surface area contributed by atoms with Crippen molar-refractivity contribution in [1.82, 2.24) is 0 Å². The van der Waals surface area contributed by atoms with Crippen LogP contribution in [0.25, 0.3) is 0 Å². The first-order valence-corrected chi connectivity index (χ1v) is 11.8. The highest BCUT2D eigenvalue weighted by molar-refractivity contribution is 6.30. The molecule has 3 aliphatic rings. The van der Waals surface area contributed by atoms with Gasteiger partial charge in [0.15, 0.2) is 30.3 Å². The molecule has 1 fully saturated rings. The number of rotatable bonds is 4. The average Bonchev–Trinajstić information content (AvgIpc) is 2.87. The Morgan fingerprint density at radius 1 is 1.16 bits per heavy atom. The van der Waals surface area contributed by atoms with Crippen LogP contribution in [-0.2, 0) is 20.7 Å². The molecule has 0 bridgehead atoms. The van der Waals surface area contributed by atoms with Gasteiger partial charge in [0.25, 0.3) is 0 Å². The highest BCUT2D eigenvalue weighted by Crippen LogP contribution is 2.52. The summed E-state index contributed by atoms with van der Waals surface area (Å²) in [4.78, 5) is 39.0. The normalized spacial score (nSPS) is 30.9. The van der Waals surface area contributed by atoms with E-state index in [4.69, 9.17) is 15.2 Å². The van der Waals surface area contributed by atoms with Crippen LogP contribution in [-0.4, -0.2) is 74.6 Å². The summed E-state index contributed by atoms with van der Waals surface area (Å²) < 4.78 is 25.1. The van der Waals surface area contributed by atoms with E-state index in [1.807, 2.05) is 0 Å². The highest BCUT2D eigenvalue weighted by atomic mass is 19.1. The number of phenolic OH excluding ortho intramolecular Hbond substituents is 2. The molecule has 1 heterocycles. The van der Waals surface area contributed by atoms with Crippen LogP contribution in [0.1, 0.15) is 68.8 Å². The minimum atomic E-state index is -2.34. The largest absolute Gasteiger partial charge is 0.507 e. The molecule has 6 N–H and O–H groups in total. The molecule has 0 saturated carbocycles. The standard InChI is InChI=1S/C26H26FNO9/c1-10-21(30)14(28)6-17(36-10)37-15-8-26(35,16(29)9-27)7-13-18(15)25(34)20-19(24(13)33)22(31)11-4-2-3-5-12(11)23(20)32/h2-5,10,14-15,17,21,30,33-35H,6-9,28H2,1H3/t10?,14?,15-,17?,21?,26+/m1/s1. The van der Waals surface area contributed by atoms with Gasteiger partial charge in [-0.1, -0.05) is 24.3 Å². The van der Waals surface area contributed by atoms with Gasteiger partial charge < -0.3 is 35.6 Å². The van der Waals surface area contributed by atoms with Crippen LogP contribution in [0, 0.1) is 0 Å². The molecule has 11 heteroatoms. The average molecular weight is 515 g/mol. The predicted molar refractivity (Wildman–Crippen MR) is 124 cm³/mol. The molecule has 10 nitrogen and oxygen atoms in total. The van der Waals surface area contributed by atoms with Gasteiger partial charge in [-0.2, -0.15) is 0 Å². The number of aliphatic hydroxyl groups is 2. The predicted octanol–water partition coefficient (Wildman–Crippen LogP) is 0.970. The first-order valence-electron chi connectivity index (χ1n) is 11.8. The molecule has 1 aliphatic heterocycles. The van der Waals surface area contributed by atoms with Gasteiger partial charge >= 0.3 is 0 Å². The number of nitrogens with two attached hydrogens (primary N) is 1. The number of carbonyl (C=O) groups excluding carboxylic acids is 3. The van der Waals surface area contributed by atoms with Crippen LogP contribution in [0.2, 0.25) is 0 Å². The van der Waals surface area contributed by atoms with Crippen molar-refractivity contribution >= 4 is 17.3 Å². The smallest absolute Gasteiger partial charge is 0.198 e. The van der Waals surface area contributed by atoms with E-state index in [2.05, 4.69) is 0 Å². The summed E-state index contributed by atoms with van der Waals surface area (Å²) in [6.45, 7) is 0.0638. The Bertz CT molecular complexity index is 1320. The number of fused-ring (bicyclic) bond motifs is 3. The second-order valence-electron chi connectivity index (χ2n) is 9.80. The molecular weight excluding hydrogens is 489 g/mol. The SMILES string of the molecule is CC1OC(O[C@@H]2C[C@](O)(C(=O)CF)Cc3c(O)c4c(c(O)c32)C(=O)c2ccccc2C4=O)CC(N)C1O. The van der Waals surface area contributed by atoms with Crippen LogP contribution in [0.4, 0.5) is 4.39 Å². The third-order valence-corrected chi connectivity index (χ3v) is 7.48. The third-order valence-electron chi connectivity index (χ3n) is 7.48. The van der Waals surface area contributed by atoms with E-state index in [-0.39, 0.29) is 28.7 Å². The minimum absolute atomic E-state index is 0.00923. The van der Waals surface area contributed by atoms with Crippen LogP contribution >= 0.6 is 0 Å². The molecule has 2 aliphatic carbocycles. The van der Waals surface area contributed by atoms with E-state index < -0.39 is 95.7 Å². The van der Waals surface area contributed by atoms with Gasteiger partial charge in [-0.3, -0.25) is 14.4 Å². The maximum atomic E-state index is 13.4. The molecule has 0 aromatic heterocycles. The van der Waals surface area contributed by atoms with Crippen LogP contribution in [0.3, 0.4) is 0 Å². The van der Waals surface area contributed by atoms with Gasteiger partial charge in [0, 0.05) is 47.6 Å². The van der Waals surface area contributed by atoms with Gasteiger partial charge in [0.2, 0.25) is 0 Å². The maximum absolute atomic E-state index is 13.4. The number of hydrogen-bond acceptors (Lipinski definition) is 10. The number of halogens is 1. The summed E-state index contributed by atoms with van der Waals surface area (Å²) in [6, 6.07) is 5.19. The third kappa shape index (κ3) is 3.85. The molecule has 2 aromatic carbocycles. The van der Waals surface area contributed by atoms with Gasteiger partial charge in [-0.15, -0.1) is 0 Å². The topological polar surface area (TPSA) is 177 Å². The lowest BCUT2D eigenvalue weighted by atomic mass is 9.72. The first kappa shape index (κ1) is 25.4. The van der Waals surface area contributed by atoms with E-state index in [9.17, 15) is 39.2 Å². The van der Waals surface area contributed by atoms with E-state index in [1.165, 1.54) is 12.1 Å². The van der Waals surface area contributed by atoms with Crippen molar-refractivity contribution < 1.29 is 48.7 Å². The fourth-order valence-electron chi connectivity index (χ4n) is 5.49. The summed E-state index contributed by atoms with van der Waals surface area (Å²) >= 11 is 0. The fourth-order valence-corrected chi connectivity index (χ4v) is 5.49. The zero-order valence-corrected chi connectivity index (χ0v) is 19.8. The van der Waals surface area contributed by atoms with Crippen molar-refractivity contribution in [3.63, 3.8) is 0 Å². The van der Waals surface area contributed by atoms with Crippen molar-refractivity contribution in [2.24, 2.45) is 5.73 Å². The lowest BCUT2D eigenvalue weighted by molar-refractivity contribution is -0.247. The molecule has 2 aromatic rings. The summed E-state index contributed by atoms with van der Waals surface area (Å²) in [5.74, 6) is -3.97. The minimum Gasteiger partial charge on any atom is -0.507 e. The molecule has 0 radical (unpaired) electrons. The van der Waals surface area contributed by atoms with Crippen molar-refractivity contribution in [3.8, 4) is 11.5 Å². The Morgan fingerprint density at radius 3 is 2.32 bits per heavy atom. The van der Waals surface area contributed by atoms with E-state index in [0.717, 1.165) is 0 Å². The molecule has 0 amide bonds. The fraction of sp³-hybridized carbons (Fsp3) is 0.423. The summed E-state index contributed by atoms with van der Waals surface area (Å²) in [6.07, 6.45) is -5.28. The van der Waals surface area contributed by atoms with Crippen LogP contribution < -0.4 is 5.73 Å². The van der Waals surface area contributed by atoms with Gasteiger partial charge in [-0.05, 0) is 6.92 Å². The molecule has 6 atom stereocenters. The summed E-state index contributed by atoms with van der Waals surface area (Å²) in [5, 5.41) is 43.7. The van der Waals surface area contributed by atoms with E-state index in [1.54, 1.807) is 19.1 Å². The van der Waals surface area contributed by atoms with Crippen LogP contribution in [0.5, 0.6) is 11.5 Å². The van der Waals surface area contributed by atoms with Gasteiger partial charge in [-0.25, -0.2) is 4.39 Å².